The average molecular weight is 437 g/mol. The van der Waals surface area contributed by atoms with Crippen LogP contribution < -0.4 is 15.5 Å². The number of benzene rings is 2. The number of anilines is 2. The zero-order chi connectivity index (χ0) is 21.8. The quantitative estimate of drug-likeness (QED) is 0.546. The van der Waals surface area contributed by atoms with Gasteiger partial charge in [-0.15, -0.1) is 0 Å². The van der Waals surface area contributed by atoms with Crippen LogP contribution in [0.4, 0.5) is 11.5 Å². The van der Waals surface area contributed by atoms with Crippen molar-refractivity contribution in [1.82, 2.24) is 10.3 Å². The van der Waals surface area contributed by atoms with Gasteiger partial charge in [0, 0.05) is 54.4 Å². The molecule has 1 heterocycles. The summed E-state index contributed by atoms with van der Waals surface area (Å²) in [5.41, 5.74) is 2.83. The van der Waals surface area contributed by atoms with Crippen molar-refractivity contribution in [2.45, 2.75) is 31.7 Å². The van der Waals surface area contributed by atoms with Crippen LogP contribution in [-0.4, -0.2) is 37.6 Å². The zero-order valence-electron chi connectivity index (χ0n) is 18.1. The van der Waals surface area contributed by atoms with Crippen LogP contribution in [-0.2, 0) is 0 Å². The molecule has 2 N–H and O–H groups in total. The molecule has 31 heavy (non-hydrogen) atoms. The van der Waals surface area contributed by atoms with Gasteiger partial charge in [-0.2, -0.15) is 0 Å². The molecule has 1 aromatic heterocycles. The van der Waals surface area contributed by atoms with Crippen molar-refractivity contribution in [3.63, 3.8) is 0 Å². The van der Waals surface area contributed by atoms with Gasteiger partial charge >= 0.3 is 0 Å². The molecule has 6 heteroatoms. The number of fused-ring (bicyclic) bond motifs is 1. The van der Waals surface area contributed by atoms with Crippen LogP contribution in [0, 0.1) is 5.92 Å². The summed E-state index contributed by atoms with van der Waals surface area (Å²) in [7, 11) is 4.13. The fraction of sp³-hybridized carbons (Fsp3) is 0.360. The van der Waals surface area contributed by atoms with Gasteiger partial charge in [0.1, 0.15) is 5.82 Å². The van der Waals surface area contributed by atoms with Gasteiger partial charge in [-0.3, -0.25) is 4.79 Å². The molecule has 0 bridgehead atoms. The molecule has 1 fully saturated rings. The first-order valence-corrected chi connectivity index (χ1v) is 11.2. The van der Waals surface area contributed by atoms with Crippen LogP contribution in [0.5, 0.6) is 0 Å². The molecule has 2 aromatic carbocycles. The fourth-order valence-corrected chi connectivity index (χ4v) is 4.39. The number of nitrogens with zero attached hydrogens (tertiary/aromatic N) is 2. The number of carbonyl (C=O) groups is 1. The van der Waals surface area contributed by atoms with E-state index >= 15 is 0 Å². The lowest BCUT2D eigenvalue weighted by atomic mass is 9.86. The van der Waals surface area contributed by atoms with E-state index in [1.165, 1.54) is 5.69 Å². The number of hydrogen-bond donors (Lipinski definition) is 2. The van der Waals surface area contributed by atoms with E-state index in [4.69, 9.17) is 16.6 Å². The predicted octanol–water partition coefficient (Wildman–Crippen LogP) is 5.35. The van der Waals surface area contributed by atoms with Gasteiger partial charge in [0.05, 0.1) is 5.52 Å². The van der Waals surface area contributed by atoms with Crippen molar-refractivity contribution in [2.24, 2.45) is 5.92 Å². The maximum atomic E-state index is 12.3. The molecule has 4 rings (SSSR count). The van der Waals surface area contributed by atoms with Crippen molar-refractivity contribution >= 4 is 39.9 Å². The Morgan fingerprint density at radius 2 is 1.77 bits per heavy atom. The maximum Gasteiger partial charge on any atom is 0.251 e. The lowest BCUT2D eigenvalue weighted by molar-refractivity contribution is 0.0943. The SMILES string of the molecule is CN(C)c1cc(N[C@H]2CC[C@@H](CNC(=O)c3ccc(Cl)cc3)CC2)nc2ccccc12. The molecule has 1 amide bonds. The topological polar surface area (TPSA) is 57.3 Å². The third-order valence-corrected chi connectivity index (χ3v) is 6.28. The third kappa shape index (κ3) is 5.28. The summed E-state index contributed by atoms with van der Waals surface area (Å²) < 4.78 is 0. The van der Waals surface area contributed by atoms with Crippen molar-refractivity contribution in [1.29, 1.82) is 0 Å². The summed E-state index contributed by atoms with van der Waals surface area (Å²) in [6, 6.07) is 17.8. The summed E-state index contributed by atoms with van der Waals surface area (Å²) in [6.07, 6.45) is 4.33. The molecule has 5 nitrogen and oxygen atoms in total. The summed E-state index contributed by atoms with van der Waals surface area (Å²) in [5, 5.41) is 8.52. The van der Waals surface area contributed by atoms with Crippen molar-refractivity contribution in [3.8, 4) is 0 Å². The summed E-state index contributed by atoms with van der Waals surface area (Å²) in [4.78, 5) is 19.3. The van der Waals surface area contributed by atoms with E-state index in [2.05, 4.69) is 53.9 Å². The molecule has 1 aliphatic rings. The Hall–Kier alpha value is -2.79. The smallest absolute Gasteiger partial charge is 0.251 e. The Labute approximate surface area is 188 Å². The van der Waals surface area contributed by atoms with Gasteiger partial charge in [0.15, 0.2) is 0 Å². The number of nitrogens with one attached hydrogen (secondary N) is 2. The van der Waals surface area contributed by atoms with Crippen molar-refractivity contribution in [3.05, 3.63) is 65.2 Å². The van der Waals surface area contributed by atoms with Gasteiger partial charge < -0.3 is 15.5 Å². The minimum absolute atomic E-state index is 0.0338. The Kier molecular flexibility index (Phi) is 6.62. The highest BCUT2D eigenvalue weighted by atomic mass is 35.5. The minimum atomic E-state index is -0.0338. The van der Waals surface area contributed by atoms with Crippen molar-refractivity contribution in [2.75, 3.05) is 30.9 Å². The molecule has 162 valence electrons. The highest BCUT2D eigenvalue weighted by Crippen LogP contribution is 2.30. The Morgan fingerprint density at radius 3 is 2.48 bits per heavy atom. The summed E-state index contributed by atoms with van der Waals surface area (Å²) in [6.45, 7) is 0.715. The van der Waals surface area contributed by atoms with E-state index in [0.717, 1.165) is 42.4 Å². The Balaban J connectivity index is 1.31. The van der Waals surface area contributed by atoms with Crippen LogP contribution in [0.3, 0.4) is 0 Å². The van der Waals surface area contributed by atoms with E-state index in [9.17, 15) is 4.79 Å². The van der Waals surface area contributed by atoms with Crippen molar-refractivity contribution < 1.29 is 4.79 Å². The van der Waals surface area contributed by atoms with Gasteiger partial charge in [0.25, 0.3) is 5.91 Å². The first kappa shape index (κ1) is 21.4. The second kappa shape index (κ2) is 9.56. The van der Waals surface area contributed by atoms with Crippen LogP contribution in [0.1, 0.15) is 36.0 Å². The number of amides is 1. The predicted molar refractivity (Wildman–Crippen MR) is 129 cm³/mol. The first-order valence-electron chi connectivity index (χ1n) is 10.9. The number of halogens is 1. The number of carbonyl (C=O) groups excluding carboxylic acids is 1. The number of rotatable bonds is 6. The van der Waals surface area contributed by atoms with Gasteiger partial charge in [-0.05, 0) is 61.9 Å². The summed E-state index contributed by atoms with van der Waals surface area (Å²) in [5.74, 6) is 1.41. The first-order chi connectivity index (χ1) is 15.0. The lowest BCUT2D eigenvalue weighted by Crippen LogP contribution is -2.34. The monoisotopic (exact) mass is 436 g/mol. The molecule has 1 saturated carbocycles. The molecule has 0 atom stereocenters. The molecular formula is C25H29ClN4O. The lowest BCUT2D eigenvalue weighted by Gasteiger charge is -2.30. The third-order valence-electron chi connectivity index (χ3n) is 6.03. The van der Waals surface area contributed by atoms with Crippen LogP contribution in [0.2, 0.25) is 5.02 Å². The van der Waals surface area contributed by atoms with Crippen LogP contribution in [0.25, 0.3) is 10.9 Å². The van der Waals surface area contributed by atoms with Gasteiger partial charge in [-0.25, -0.2) is 4.98 Å². The van der Waals surface area contributed by atoms with Gasteiger partial charge in [0.2, 0.25) is 0 Å². The maximum absolute atomic E-state index is 12.3. The molecule has 0 saturated heterocycles. The minimum Gasteiger partial charge on any atom is -0.377 e. The highest BCUT2D eigenvalue weighted by Gasteiger charge is 2.22. The van der Waals surface area contributed by atoms with E-state index < -0.39 is 0 Å². The Morgan fingerprint density at radius 1 is 1.06 bits per heavy atom. The molecular weight excluding hydrogens is 408 g/mol. The van der Waals surface area contributed by atoms with Crippen LogP contribution in [0.15, 0.2) is 54.6 Å². The molecule has 3 aromatic rings. The number of para-hydroxylation sites is 1. The number of aromatic nitrogens is 1. The van der Waals surface area contributed by atoms with E-state index in [-0.39, 0.29) is 5.91 Å². The fourth-order valence-electron chi connectivity index (χ4n) is 4.26. The second-order valence-corrected chi connectivity index (χ2v) is 8.95. The normalized spacial score (nSPS) is 18.5. The average Bonchev–Trinajstić information content (AvgIpc) is 2.78. The van der Waals surface area contributed by atoms with Crippen LogP contribution >= 0.6 is 11.6 Å². The number of pyridine rings is 1. The molecule has 0 unspecified atom stereocenters. The molecule has 1 aliphatic carbocycles. The number of hydrogen-bond acceptors (Lipinski definition) is 4. The standard InChI is InChI=1S/C25H29ClN4O/c1-30(2)23-15-24(29-22-6-4-3-5-21(22)23)28-20-13-7-17(8-14-20)16-27-25(31)18-9-11-19(26)12-10-18/h3-6,9-12,15,17,20H,7-8,13-14,16H2,1-2H3,(H,27,31)(H,28,29)/t17-,20+. The van der Waals surface area contributed by atoms with E-state index in [1.54, 1.807) is 24.3 Å². The van der Waals surface area contributed by atoms with Gasteiger partial charge in [-0.1, -0.05) is 29.8 Å². The molecule has 0 aliphatic heterocycles. The largest absolute Gasteiger partial charge is 0.377 e. The van der Waals surface area contributed by atoms with E-state index in [0.29, 0.717) is 29.1 Å². The summed E-state index contributed by atoms with van der Waals surface area (Å²) >= 11 is 5.90. The zero-order valence-corrected chi connectivity index (χ0v) is 18.8. The highest BCUT2D eigenvalue weighted by molar-refractivity contribution is 6.30. The molecule has 0 spiro atoms. The second-order valence-electron chi connectivity index (χ2n) is 8.52. The van der Waals surface area contributed by atoms with E-state index in [1.807, 2.05) is 6.07 Å². The molecule has 0 radical (unpaired) electrons. The Bertz CT molecular complexity index is 1040.